The van der Waals surface area contributed by atoms with E-state index in [0.717, 1.165) is 0 Å². The fourth-order valence-electron chi connectivity index (χ4n) is 1.74. The smallest absolute Gasteiger partial charge is 0.327 e. The molecule has 0 spiro atoms. The van der Waals surface area contributed by atoms with Crippen molar-refractivity contribution >= 4 is 29.5 Å². The first-order valence-electron chi connectivity index (χ1n) is 4.89. The summed E-state index contributed by atoms with van der Waals surface area (Å²) >= 11 is 1.29. The monoisotopic (exact) mass is 243 g/mol. The minimum Gasteiger partial charge on any atom is -0.480 e. The number of rotatable bonds is 2. The Kier molecular flexibility index (Phi) is 3.04. The van der Waals surface area contributed by atoms with Gasteiger partial charge in [0.1, 0.15) is 18.0 Å². The minimum atomic E-state index is -1.01. The van der Waals surface area contributed by atoms with Crippen LogP contribution in [0.3, 0.4) is 0 Å². The van der Waals surface area contributed by atoms with E-state index in [1.807, 2.05) is 0 Å². The molecule has 7 heteroatoms. The second kappa shape index (κ2) is 4.32. The highest BCUT2D eigenvalue weighted by Crippen LogP contribution is 2.27. The Labute approximate surface area is 96.4 Å². The molecule has 6 nitrogen and oxygen atoms in total. The molecule has 2 rings (SSSR count). The number of hydrogen-bond acceptors (Lipinski definition) is 4. The van der Waals surface area contributed by atoms with Gasteiger partial charge < -0.3 is 15.3 Å². The largest absolute Gasteiger partial charge is 0.480 e. The third-order valence-electron chi connectivity index (χ3n) is 2.61. The first-order chi connectivity index (χ1) is 7.59. The molecule has 0 unspecified atom stereocenters. The van der Waals surface area contributed by atoms with Crippen molar-refractivity contribution in [2.75, 3.05) is 5.75 Å². The van der Waals surface area contributed by atoms with Gasteiger partial charge in [-0.15, -0.1) is 11.8 Å². The molecule has 2 saturated heterocycles. The Morgan fingerprint density at radius 1 is 1.56 bits per heavy atom. The Bertz CT molecular complexity index is 346. The average Bonchev–Trinajstić information content (AvgIpc) is 2.84. The summed E-state index contributed by atoms with van der Waals surface area (Å²) in [6.07, 6.45) is 0.772. The van der Waals surface area contributed by atoms with E-state index >= 15 is 0 Å². The van der Waals surface area contributed by atoms with Gasteiger partial charge >= 0.3 is 5.97 Å². The molecule has 2 aliphatic heterocycles. The van der Waals surface area contributed by atoms with E-state index in [-0.39, 0.29) is 11.8 Å². The van der Waals surface area contributed by atoms with Crippen LogP contribution in [0.4, 0.5) is 0 Å². The summed E-state index contributed by atoms with van der Waals surface area (Å²) < 4.78 is 0. The number of carbonyl (C=O) groups is 3. The van der Waals surface area contributed by atoms with E-state index in [0.29, 0.717) is 18.6 Å². The molecule has 0 aromatic heterocycles. The summed E-state index contributed by atoms with van der Waals surface area (Å²) in [6.45, 7) is 0. The average molecular weight is 243 g/mol. The summed E-state index contributed by atoms with van der Waals surface area (Å²) in [5.74, 6) is 0.382. The van der Waals surface area contributed by atoms with Gasteiger partial charge in [-0.1, -0.05) is 0 Å². The van der Waals surface area contributed by atoms with Crippen LogP contribution in [-0.2, 0) is 14.4 Å². The molecule has 2 fully saturated rings. The van der Waals surface area contributed by atoms with Crippen molar-refractivity contribution in [3.05, 3.63) is 5.88 Å². The summed E-state index contributed by atoms with van der Waals surface area (Å²) in [4.78, 5) is 35.0. The van der Waals surface area contributed by atoms with E-state index in [9.17, 15) is 14.4 Å². The first-order valence-corrected chi connectivity index (χ1v) is 5.94. The van der Waals surface area contributed by atoms with Gasteiger partial charge in [0.25, 0.3) is 0 Å². The number of aliphatic carboxylic acids is 1. The van der Waals surface area contributed by atoms with E-state index in [1.54, 1.807) is 0 Å². The van der Waals surface area contributed by atoms with Gasteiger partial charge in [0.05, 0.1) is 0 Å². The standard InChI is InChI=1S/C9H11N2O4S/c12-7-2-1-5(10-7)8(13)11-4-16-3-6(11)9(14)15/h4-6H,1-3H2,(H,10,12)(H,14,15)/t5-,6-/m0/s1. The number of carboxylic acid groups (broad SMARTS) is 1. The molecule has 2 atom stereocenters. The quantitative estimate of drug-likeness (QED) is 0.677. The Hall–Kier alpha value is -1.24. The number of hydrogen-bond donors (Lipinski definition) is 2. The third-order valence-corrected chi connectivity index (χ3v) is 3.50. The molecule has 0 aromatic rings. The lowest BCUT2D eigenvalue weighted by Crippen LogP contribution is -2.48. The topological polar surface area (TPSA) is 86.7 Å². The van der Waals surface area contributed by atoms with Gasteiger partial charge in [-0.05, 0) is 6.42 Å². The van der Waals surface area contributed by atoms with Crippen LogP contribution in [0.1, 0.15) is 12.8 Å². The van der Waals surface area contributed by atoms with Gasteiger partial charge in [0.2, 0.25) is 11.8 Å². The molecule has 2 heterocycles. The fourth-order valence-corrected chi connectivity index (χ4v) is 2.73. The summed E-state index contributed by atoms with van der Waals surface area (Å²) in [6, 6.07) is -1.38. The lowest BCUT2D eigenvalue weighted by molar-refractivity contribution is -0.147. The van der Waals surface area contributed by atoms with E-state index in [4.69, 9.17) is 5.11 Å². The number of amides is 2. The summed E-state index contributed by atoms with van der Waals surface area (Å²) in [5, 5.41) is 11.5. The van der Waals surface area contributed by atoms with E-state index in [2.05, 4.69) is 5.32 Å². The SMILES string of the molecule is O=C1CC[C@@H](C(=O)N2[CH]SC[C@H]2C(=O)O)N1. The fraction of sp³-hybridized carbons (Fsp3) is 0.556. The molecule has 0 saturated carbocycles. The molecule has 87 valence electrons. The molecule has 1 radical (unpaired) electrons. The number of carbonyl (C=O) groups excluding carboxylic acids is 2. The predicted molar refractivity (Wildman–Crippen MR) is 56.2 cm³/mol. The van der Waals surface area contributed by atoms with Crippen molar-refractivity contribution in [3.63, 3.8) is 0 Å². The highest BCUT2D eigenvalue weighted by molar-refractivity contribution is 8.01. The number of carboxylic acids is 1. The molecule has 2 N–H and O–H groups in total. The minimum absolute atomic E-state index is 0.155. The zero-order chi connectivity index (χ0) is 11.7. The number of nitrogens with zero attached hydrogens (tertiary/aromatic N) is 1. The van der Waals surface area contributed by atoms with Crippen molar-refractivity contribution in [1.29, 1.82) is 0 Å². The molecule has 2 amide bonds. The zero-order valence-corrected chi connectivity index (χ0v) is 9.20. The second-order valence-corrected chi connectivity index (χ2v) is 4.57. The van der Waals surface area contributed by atoms with Crippen molar-refractivity contribution in [1.82, 2.24) is 10.2 Å². The predicted octanol–water partition coefficient (Wildman–Crippen LogP) is -0.587. The molecule has 0 bridgehead atoms. The van der Waals surface area contributed by atoms with Gasteiger partial charge in [0, 0.05) is 12.2 Å². The van der Waals surface area contributed by atoms with Crippen molar-refractivity contribution in [3.8, 4) is 0 Å². The Morgan fingerprint density at radius 3 is 2.88 bits per heavy atom. The van der Waals surface area contributed by atoms with Gasteiger partial charge in [-0.25, -0.2) is 4.79 Å². The maximum atomic E-state index is 11.9. The van der Waals surface area contributed by atoms with Crippen molar-refractivity contribution in [2.24, 2.45) is 0 Å². The van der Waals surface area contributed by atoms with Crippen LogP contribution in [0.5, 0.6) is 0 Å². The van der Waals surface area contributed by atoms with Crippen LogP contribution in [0.15, 0.2) is 0 Å². The van der Waals surface area contributed by atoms with Crippen LogP contribution < -0.4 is 5.32 Å². The maximum absolute atomic E-state index is 11.9. The van der Waals surface area contributed by atoms with Crippen LogP contribution in [0.25, 0.3) is 0 Å². The Morgan fingerprint density at radius 2 is 2.31 bits per heavy atom. The maximum Gasteiger partial charge on any atom is 0.327 e. The van der Waals surface area contributed by atoms with Crippen molar-refractivity contribution < 1.29 is 19.5 Å². The lowest BCUT2D eigenvalue weighted by atomic mass is 10.2. The number of thioether (sulfide) groups is 1. The molecule has 16 heavy (non-hydrogen) atoms. The third kappa shape index (κ3) is 1.99. The molecular weight excluding hydrogens is 232 g/mol. The van der Waals surface area contributed by atoms with Gasteiger partial charge in [0.15, 0.2) is 0 Å². The summed E-state index contributed by atoms with van der Waals surface area (Å²) in [7, 11) is 0. The lowest BCUT2D eigenvalue weighted by Gasteiger charge is -2.23. The molecular formula is C9H11N2O4S. The van der Waals surface area contributed by atoms with Crippen LogP contribution in [-0.4, -0.2) is 45.6 Å². The molecule has 0 aliphatic carbocycles. The van der Waals surface area contributed by atoms with E-state index in [1.165, 1.54) is 22.5 Å². The molecule has 2 aliphatic rings. The van der Waals surface area contributed by atoms with Crippen molar-refractivity contribution in [2.45, 2.75) is 24.9 Å². The van der Waals surface area contributed by atoms with E-state index < -0.39 is 18.1 Å². The molecule has 0 aromatic carbocycles. The Balaban J connectivity index is 2.03. The first kappa shape index (κ1) is 11.3. The summed E-state index contributed by atoms with van der Waals surface area (Å²) in [5.41, 5.74) is 0. The van der Waals surface area contributed by atoms with Crippen LogP contribution >= 0.6 is 11.8 Å². The van der Waals surface area contributed by atoms with Crippen LogP contribution in [0, 0.1) is 5.88 Å². The van der Waals surface area contributed by atoms with Crippen LogP contribution in [0.2, 0.25) is 0 Å². The highest BCUT2D eigenvalue weighted by Gasteiger charge is 2.39. The van der Waals surface area contributed by atoms with Gasteiger partial charge in [-0.2, -0.15) is 0 Å². The van der Waals surface area contributed by atoms with Gasteiger partial charge in [-0.3, -0.25) is 9.59 Å². The second-order valence-electron chi connectivity index (χ2n) is 3.70. The highest BCUT2D eigenvalue weighted by atomic mass is 32.2. The zero-order valence-electron chi connectivity index (χ0n) is 8.38. The normalized spacial score (nSPS) is 29.2. The number of nitrogens with one attached hydrogen (secondary N) is 1.